The Labute approximate surface area is 177 Å². The van der Waals surface area contributed by atoms with Gasteiger partial charge in [-0.05, 0) is 31.4 Å². The van der Waals surface area contributed by atoms with Gasteiger partial charge in [-0.25, -0.2) is 9.59 Å². The third-order valence-electron chi connectivity index (χ3n) is 4.94. The molecule has 1 aliphatic rings. The number of anilines is 1. The fourth-order valence-electron chi connectivity index (χ4n) is 3.27. The highest BCUT2D eigenvalue weighted by molar-refractivity contribution is 7.14. The van der Waals surface area contributed by atoms with Gasteiger partial charge in [-0.1, -0.05) is 12.1 Å². The van der Waals surface area contributed by atoms with Gasteiger partial charge in [-0.2, -0.15) is 0 Å². The lowest BCUT2D eigenvalue weighted by molar-refractivity contribution is 0.0694. The fourth-order valence-corrected chi connectivity index (χ4v) is 4.10. The highest BCUT2D eigenvalue weighted by atomic mass is 32.1. The minimum absolute atomic E-state index is 0.0246. The maximum absolute atomic E-state index is 12.1. The number of hydrogen-bond donors (Lipinski definition) is 3. The molecule has 30 heavy (non-hydrogen) atoms. The lowest BCUT2D eigenvalue weighted by Gasteiger charge is -2.26. The molecule has 0 radical (unpaired) electrons. The van der Waals surface area contributed by atoms with E-state index in [0.717, 1.165) is 24.1 Å². The van der Waals surface area contributed by atoms with Crippen LogP contribution in [0.2, 0.25) is 0 Å². The molecule has 1 aliphatic carbocycles. The SMILES string of the molecule is COc1cccc(-c2nccnc2-c2cc(NC(=O)NC3CCC3)cs2)c1C(=O)O. The van der Waals surface area contributed by atoms with Gasteiger partial charge in [0.1, 0.15) is 17.0 Å². The van der Waals surface area contributed by atoms with Crippen LogP contribution >= 0.6 is 11.3 Å². The molecule has 1 aromatic carbocycles. The number of nitrogens with zero attached hydrogens (tertiary/aromatic N) is 2. The first-order chi connectivity index (χ1) is 14.6. The van der Waals surface area contributed by atoms with Gasteiger partial charge in [0.2, 0.25) is 0 Å². The van der Waals surface area contributed by atoms with E-state index in [9.17, 15) is 14.7 Å². The number of carboxylic acids is 1. The van der Waals surface area contributed by atoms with Crippen molar-refractivity contribution in [1.29, 1.82) is 0 Å². The van der Waals surface area contributed by atoms with Crippen LogP contribution in [-0.2, 0) is 0 Å². The van der Waals surface area contributed by atoms with Gasteiger partial charge in [0.05, 0.1) is 23.4 Å². The second kappa shape index (κ2) is 8.50. The van der Waals surface area contributed by atoms with E-state index in [4.69, 9.17) is 4.74 Å². The van der Waals surface area contributed by atoms with E-state index in [2.05, 4.69) is 20.6 Å². The second-order valence-corrected chi connectivity index (χ2v) is 7.78. The first-order valence-corrected chi connectivity index (χ1v) is 10.3. The third kappa shape index (κ3) is 3.97. The summed E-state index contributed by atoms with van der Waals surface area (Å²) in [6, 6.07) is 6.81. The van der Waals surface area contributed by atoms with E-state index in [0.29, 0.717) is 22.6 Å². The molecular weight excluding hydrogens is 404 g/mol. The Morgan fingerprint density at radius 2 is 1.97 bits per heavy atom. The second-order valence-electron chi connectivity index (χ2n) is 6.87. The van der Waals surface area contributed by atoms with Crippen LogP contribution in [-0.4, -0.2) is 40.2 Å². The van der Waals surface area contributed by atoms with E-state index >= 15 is 0 Å². The number of urea groups is 1. The summed E-state index contributed by atoms with van der Waals surface area (Å²) in [6.45, 7) is 0. The molecule has 0 spiro atoms. The number of ether oxygens (including phenoxy) is 1. The molecule has 4 rings (SSSR count). The van der Waals surface area contributed by atoms with Gasteiger partial charge < -0.3 is 20.5 Å². The van der Waals surface area contributed by atoms with Crippen molar-refractivity contribution in [2.75, 3.05) is 12.4 Å². The predicted octanol–water partition coefficient (Wildman–Crippen LogP) is 4.25. The number of aromatic nitrogens is 2. The number of methoxy groups -OCH3 is 1. The summed E-state index contributed by atoms with van der Waals surface area (Å²) in [5, 5.41) is 17.3. The lowest BCUT2D eigenvalue weighted by atomic mass is 9.93. The number of carboxylic acid groups (broad SMARTS) is 1. The zero-order chi connectivity index (χ0) is 21.1. The molecule has 1 fully saturated rings. The van der Waals surface area contributed by atoms with Crippen molar-refractivity contribution in [3.05, 3.63) is 47.6 Å². The summed E-state index contributed by atoms with van der Waals surface area (Å²) in [6.07, 6.45) is 6.24. The maximum atomic E-state index is 12.1. The molecule has 154 valence electrons. The Kier molecular flexibility index (Phi) is 5.62. The van der Waals surface area contributed by atoms with Crippen molar-refractivity contribution >= 4 is 29.0 Å². The molecule has 0 bridgehead atoms. The number of nitrogens with one attached hydrogen (secondary N) is 2. The monoisotopic (exact) mass is 424 g/mol. The highest BCUT2D eigenvalue weighted by Gasteiger charge is 2.23. The average Bonchev–Trinajstić information content (AvgIpc) is 3.18. The van der Waals surface area contributed by atoms with Crippen molar-refractivity contribution in [3.63, 3.8) is 0 Å². The minimum Gasteiger partial charge on any atom is -0.496 e. The van der Waals surface area contributed by atoms with Crippen LogP contribution in [0.3, 0.4) is 0 Å². The summed E-state index contributed by atoms with van der Waals surface area (Å²) >= 11 is 1.39. The summed E-state index contributed by atoms with van der Waals surface area (Å²) in [7, 11) is 1.43. The molecule has 0 unspecified atom stereocenters. The van der Waals surface area contributed by atoms with Crippen molar-refractivity contribution in [2.24, 2.45) is 0 Å². The Hall–Kier alpha value is -3.46. The Morgan fingerprint density at radius 3 is 2.63 bits per heavy atom. The van der Waals surface area contributed by atoms with E-state index in [-0.39, 0.29) is 23.4 Å². The van der Waals surface area contributed by atoms with E-state index in [1.165, 1.54) is 24.6 Å². The molecule has 2 heterocycles. The molecule has 1 saturated carbocycles. The van der Waals surface area contributed by atoms with Gasteiger partial charge in [0.25, 0.3) is 0 Å². The van der Waals surface area contributed by atoms with Crippen LogP contribution in [0.5, 0.6) is 5.75 Å². The molecular formula is C21H20N4O4S. The van der Waals surface area contributed by atoms with Crippen LogP contribution in [0.1, 0.15) is 29.6 Å². The summed E-state index contributed by atoms with van der Waals surface area (Å²) in [4.78, 5) is 33.6. The van der Waals surface area contributed by atoms with Crippen LogP contribution in [0.25, 0.3) is 21.8 Å². The van der Waals surface area contributed by atoms with Gasteiger partial charge in [-0.3, -0.25) is 9.97 Å². The van der Waals surface area contributed by atoms with E-state index in [1.807, 2.05) is 5.38 Å². The van der Waals surface area contributed by atoms with Crippen molar-refractivity contribution < 1.29 is 19.4 Å². The predicted molar refractivity (Wildman–Crippen MR) is 114 cm³/mol. The summed E-state index contributed by atoms with van der Waals surface area (Å²) in [5.41, 5.74) is 2.05. The standard InChI is InChI=1S/C21H20N4O4S/c1-29-15-7-3-6-14(17(15)20(26)27)18-19(23-9-8-22-18)16-10-13(11-30-16)25-21(28)24-12-4-2-5-12/h3,6-12H,2,4-5H2,1H3,(H,26,27)(H2,24,25,28). The number of carbonyl (C=O) groups excluding carboxylic acids is 1. The van der Waals surface area contributed by atoms with Gasteiger partial charge in [-0.15, -0.1) is 11.3 Å². The number of thiophene rings is 1. The zero-order valence-electron chi connectivity index (χ0n) is 16.2. The third-order valence-corrected chi connectivity index (χ3v) is 5.88. The normalized spacial score (nSPS) is 13.4. The van der Waals surface area contributed by atoms with Crippen molar-refractivity contribution in [2.45, 2.75) is 25.3 Å². The Balaban J connectivity index is 1.66. The van der Waals surface area contributed by atoms with Crippen molar-refractivity contribution in [3.8, 4) is 27.6 Å². The van der Waals surface area contributed by atoms with Gasteiger partial charge >= 0.3 is 12.0 Å². The van der Waals surface area contributed by atoms with Crippen LogP contribution in [0, 0.1) is 0 Å². The topological polar surface area (TPSA) is 113 Å². The van der Waals surface area contributed by atoms with E-state index < -0.39 is 5.97 Å². The molecule has 2 aromatic heterocycles. The number of hydrogen-bond acceptors (Lipinski definition) is 6. The summed E-state index contributed by atoms with van der Waals surface area (Å²) in [5.74, 6) is -0.863. The fraction of sp³-hybridized carbons (Fsp3) is 0.238. The minimum atomic E-state index is -1.11. The zero-order valence-corrected chi connectivity index (χ0v) is 17.0. The number of aromatic carboxylic acids is 1. The number of rotatable bonds is 6. The summed E-state index contributed by atoms with van der Waals surface area (Å²) < 4.78 is 5.23. The molecule has 0 aliphatic heterocycles. The molecule has 0 atom stereocenters. The first-order valence-electron chi connectivity index (χ1n) is 9.45. The average molecular weight is 424 g/mol. The maximum Gasteiger partial charge on any atom is 0.340 e. The Morgan fingerprint density at radius 1 is 1.20 bits per heavy atom. The highest BCUT2D eigenvalue weighted by Crippen LogP contribution is 2.37. The quantitative estimate of drug-likeness (QED) is 0.545. The molecule has 0 saturated heterocycles. The number of benzene rings is 1. The molecule has 3 aromatic rings. The smallest absolute Gasteiger partial charge is 0.340 e. The lowest BCUT2D eigenvalue weighted by Crippen LogP contribution is -2.41. The van der Waals surface area contributed by atoms with Crippen LogP contribution in [0.4, 0.5) is 10.5 Å². The molecule has 9 heteroatoms. The van der Waals surface area contributed by atoms with Crippen molar-refractivity contribution in [1.82, 2.24) is 15.3 Å². The first kappa shape index (κ1) is 19.8. The number of carbonyl (C=O) groups is 2. The molecule has 8 nitrogen and oxygen atoms in total. The molecule has 2 amide bonds. The van der Waals surface area contributed by atoms with E-state index in [1.54, 1.807) is 30.5 Å². The number of amides is 2. The van der Waals surface area contributed by atoms with Gasteiger partial charge in [0, 0.05) is 29.4 Å². The van der Waals surface area contributed by atoms with Crippen LogP contribution < -0.4 is 15.4 Å². The molecule has 3 N–H and O–H groups in total. The largest absolute Gasteiger partial charge is 0.496 e. The Bertz CT molecular complexity index is 1090. The van der Waals surface area contributed by atoms with Gasteiger partial charge in [0.15, 0.2) is 0 Å². The van der Waals surface area contributed by atoms with Crippen LogP contribution in [0.15, 0.2) is 42.0 Å².